The molecule has 0 spiro atoms. The fourth-order valence-electron chi connectivity index (χ4n) is 3.27. The standard InChI is InChI=1S/C19H14O/c1-11-10-13-6-5-9-16-18(13)17(12(11)2)14-7-3-4-8-15(14)19(16)20/h3-10H,1-2H3. The topological polar surface area (TPSA) is 17.1 Å². The Morgan fingerprint density at radius 2 is 1.50 bits per heavy atom. The molecule has 0 radical (unpaired) electrons. The summed E-state index contributed by atoms with van der Waals surface area (Å²) in [7, 11) is 0. The SMILES string of the molecule is Cc1cc2cccc3c2c(c1C)-c1ccccc1C3=O. The smallest absolute Gasteiger partial charge is 0.194 e. The highest BCUT2D eigenvalue weighted by Crippen LogP contribution is 2.42. The van der Waals surface area contributed by atoms with E-state index in [4.69, 9.17) is 0 Å². The van der Waals surface area contributed by atoms with Crippen LogP contribution in [-0.2, 0) is 0 Å². The molecule has 3 aromatic rings. The maximum atomic E-state index is 12.7. The number of rotatable bonds is 0. The Bertz CT molecular complexity index is 888. The second-order valence-corrected chi connectivity index (χ2v) is 5.47. The summed E-state index contributed by atoms with van der Waals surface area (Å²) in [6.45, 7) is 4.28. The van der Waals surface area contributed by atoms with E-state index in [-0.39, 0.29) is 5.78 Å². The lowest BCUT2D eigenvalue weighted by atomic mass is 9.80. The first-order chi connectivity index (χ1) is 9.68. The van der Waals surface area contributed by atoms with Crippen molar-refractivity contribution in [2.45, 2.75) is 13.8 Å². The fourth-order valence-corrected chi connectivity index (χ4v) is 3.27. The maximum Gasteiger partial charge on any atom is 0.194 e. The van der Waals surface area contributed by atoms with Crippen LogP contribution in [0.3, 0.4) is 0 Å². The van der Waals surface area contributed by atoms with Crippen LogP contribution < -0.4 is 0 Å². The molecule has 0 fully saturated rings. The summed E-state index contributed by atoms with van der Waals surface area (Å²) in [6.07, 6.45) is 0. The minimum Gasteiger partial charge on any atom is -0.289 e. The summed E-state index contributed by atoms with van der Waals surface area (Å²) >= 11 is 0. The normalized spacial score (nSPS) is 12.6. The largest absolute Gasteiger partial charge is 0.289 e. The zero-order valence-corrected chi connectivity index (χ0v) is 11.5. The van der Waals surface area contributed by atoms with Gasteiger partial charge in [-0.3, -0.25) is 4.79 Å². The molecule has 0 bridgehead atoms. The molecular formula is C19H14O. The maximum absolute atomic E-state index is 12.7. The van der Waals surface area contributed by atoms with Crippen molar-refractivity contribution in [2.24, 2.45) is 0 Å². The van der Waals surface area contributed by atoms with E-state index >= 15 is 0 Å². The molecule has 0 unspecified atom stereocenters. The van der Waals surface area contributed by atoms with Crippen LogP contribution in [0, 0.1) is 13.8 Å². The molecule has 1 heteroatoms. The Hall–Kier alpha value is -2.41. The van der Waals surface area contributed by atoms with Crippen LogP contribution in [0.15, 0.2) is 48.5 Å². The van der Waals surface area contributed by atoms with Gasteiger partial charge in [-0.2, -0.15) is 0 Å². The average Bonchev–Trinajstić information content (AvgIpc) is 2.47. The summed E-state index contributed by atoms with van der Waals surface area (Å²) in [5, 5.41) is 2.27. The van der Waals surface area contributed by atoms with Gasteiger partial charge in [0.05, 0.1) is 0 Å². The first-order valence-electron chi connectivity index (χ1n) is 6.85. The van der Waals surface area contributed by atoms with Gasteiger partial charge >= 0.3 is 0 Å². The Morgan fingerprint density at radius 3 is 2.30 bits per heavy atom. The van der Waals surface area contributed by atoms with Crippen LogP contribution in [0.2, 0.25) is 0 Å². The van der Waals surface area contributed by atoms with Gasteiger partial charge in [0, 0.05) is 16.5 Å². The quantitative estimate of drug-likeness (QED) is 0.448. The third kappa shape index (κ3) is 1.30. The molecule has 4 rings (SSSR count). The molecule has 0 atom stereocenters. The van der Waals surface area contributed by atoms with Crippen molar-refractivity contribution in [1.82, 2.24) is 0 Å². The molecule has 0 aromatic heterocycles. The highest BCUT2D eigenvalue weighted by Gasteiger charge is 2.26. The minimum absolute atomic E-state index is 0.141. The fraction of sp³-hybridized carbons (Fsp3) is 0.105. The van der Waals surface area contributed by atoms with E-state index in [2.05, 4.69) is 32.0 Å². The summed E-state index contributed by atoms with van der Waals surface area (Å²) in [5.41, 5.74) is 6.49. The summed E-state index contributed by atoms with van der Waals surface area (Å²) < 4.78 is 0. The van der Waals surface area contributed by atoms with E-state index in [0.29, 0.717) is 0 Å². The zero-order chi connectivity index (χ0) is 13.9. The van der Waals surface area contributed by atoms with E-state index in [9.17, 15) is 4.79 Å². The zero-order valence-electron chi connectivity index (χ0n) is 11.5. The molecular weight excluding hydrogens is 244 g/mol. The number of ketones is 1. The molecule has 0 amide bonds. The lowest BCUT2D eigenvalue weighted by Gasteiger charge is -2.22. The molecule has 0 saturated carbocycles. The Kier molecular flexibility index (Phi) is 2.17. The van der Waals surface area contributed by atoms with Gasteiger partial charge in [-0.15, -0.1) is 0 Å². The number of benzene rings is 3. The van der Waals surface area contributed by atoms with E-state index in [0.717, 1.165) is 27.5 Å². The van der Waals surface area contributed by atoms with Crippen molar-refractivity contribution < 1.29 is 4.79 Å². The van der Waals surface area contributed by atoms with Crippen LogP contribution in [0.25, 0.3) is 21.9 Å². The molecule has 0 N–H and O–H groups in total. The van der Waals surface area contributed by atoms with Crippen molar-refractivity contribution in [3.63, 3.8) is 0 Å². The predicted octanol–water partition coefficient (Wildman–Crippen LogP) is 4.67. The van der Waals surface area contributed by atoms with Crippen LogP contribution in [0.1, 0.15) is 27.0 Å². The number of hydrogen-bond acceptors (Lipinski definition) is 1. The van der Waals surface area contributed by atoms with Gasteiger partial charge in [-0.25, -0.2) is 0 Å². The van der Waals surface area contributed by atoms with Gasteiger partial charge in [0.2, 0.25) is 0 Å². The van der Waals surface area contributed by atoms with Gasteiger partial charge in [-0.1, -0.05) is 48.5 Å². The van der Waals surface area contributed by atoms with Gasteiger partial charge < -0.3 is 0 Å². The van der Waals surface area contributed by atoms with Crippen molar-refractivity contribution in [3.8, 4) is 11.1 Å². The van der Waals surface area contributed by atoms with E-state index in [1.54, 1.807) is 0 Å². The molecule has 20 heavy (non-hydrogen) atoms. The van der Waals surface area contributed by atoms with Gasteiger partial charge in [0.15, 0.2) is 5.78 Å². The van der Waals surface area contributed by atoms with Crippen molar-refractivity contribution in [2.75, 3.05) is 0 Å². The second kappa shape index (κ2) is 3.80. The molecule has 1 aliphatic carbocycles. The summed E-state index contributed by atoms with van der Waals surface area (Å²) in [6, 6.07) is 16.1. The van der Waals surface area contributed by atoms with Crippen LogP contribution in [0.5, 0.6) is 0 Å². The van der Waals surface area contributed by atoms with Crippen LogP contribution in [-0.4, -0.2) is 5.78 Å². The number of carbonyl (C=O) groups is 1. The highest BCUT2D eigenvalue weighted by atomic mass is 16.1. The molecule has 0 heterocycles. The Morgan fingerprint density at radius 1 is 0.800 bits per heavy atom. The number of fused-ring (bicyclic) bond motifs is 2. The lowest BCUT2D eigenvalue weighted by Crippen LogP contribution is -2.11. The monoisotopic (exact) mass is 258 g/mol. The van der Waals surface area contributed by atoms with Crippen molar-refractivity contribution in [1.29, 1.82) is 0 Å². The van der Waals surface area contributed by atoms with Crippen molar-refractivity contribution in [3.05, 3.63) is 70.8 Å². The van der Waals surface area contributed by atoms with Gasteiger partial charge in [0.25, 0.3) is 0 Å². The summed E-state index contributed by atoms with van der Waals surface area (Å²) in [4.78, 5) is 12.7. The average molecular weight is 258 g/mol. The number of carbonyl (C=O) groups excluding carboxylic acids is 1. The van der Waals surface area contributed by atoms with Crippen LogP contribution >= 0.6 is 0 Å². The Balaban J connectivity index is 2.32. The minimum atomic E-state index is 0.141. The molecule has 96 valence electrons. The van der Waals surface area contributed by atoms with Crippen LogP contribution in [0.4, 0.5) is 0 Å². The third-order valence-corrected chi connectivity index (χ3v) is 4.37. The number of aryl methyl sites for hydroxylation is 1. The highest BCUT2D eigenvalue weighted by molar-refractivity contribution is 6.26. The summed E-state index contributed by atoms with van der Waals surface area (Å²) in [5.74, 6) is 0.141. The van der Waals surface area contributed by atoms with E-state index < -0.39 is 0 Å². The second-order valence-electron chi connectivity index (χ2n) is 5.47. The third-order valence-electron chi connectivity index (χ3n) is 4.37. The first kappa shape index (κ1) is 11.4. The van der Waals surface area contributed by atoms with Gasteiger partial charge in [0.1, 0.15) is 0 Å². The Labute approximate surface area is 117 Å². The molecule has 0 aliphatic heterocycles. The molecule has 1 aliphatic rings. The number of hydrogen-bond donors (Lipinski definition) is 0. The predicted molar refractivity (Wildman–Crippen MR) is 82.3 cm³/mol. The molecule has 1 nitrogen and oxygen atoms in total. The van der Waals surface area contributed by atoms with Gasteiger partial charge in [-0.05, 0) is 41.5 Å². The van der Waals surface area contributed by atoms with Crippen molar-refractivity contribution >= 4 is 16.6 Å². The molecule has 0 saturated heterocycles. The molecule has 3 aromatic carbocycles. The lowest BCUT2D eigenvalue weighted by molar-refractivity contribution is 0.104. The van der Waals surface area contributed by atoms with E-state index in [1.807, 2.05) is 30.3 Å². The van der Waals surface area contributed by atoms with E-state index in [1.165, 1.54) is 16.7 Å². The first-order valence-corrected chi connectivity index (χ1v) is 6.85.